The van der Waals surface area contributed by atoms with Gasteiger partial charge in [0.15, 0.2) is 0 Å². The van der Waals surface area contributed by atoms with Crippen LogP contribution in [0.3, 0.4) is 0 Å². The minimum atomic E-state index is -0.321. The molecule has 1 aromatic heterocycles. The predicted molar refractivity (Wildman–Crippen MR) is 68.4 cm³/mol. The van der Waals surface area contributed by atoms with Gasteiger partial charge in [-0.25, -0.2) is 0 Å². The average molecular weight is 232 g/mol. The number of nitrogens with zero attached hydrogens (tertiary/aromatic N) is 2. The van der Waals surface area contributed by atoms with Crippen molar-refractivity contribution in [3.8, 4) is 5.75 Å². The first-order chi connectivity index (χ1) is 8.21. The van der Waals surface area contributed by atoms with Gasteiger partial charge in [-0.2, -0.15) is 4.91 Å². The van der Waals surface area contributed by atoms with Crippen LogP contribution in [0.15, 0.2) is 29.6 Å². The molecule has 0 amide bonds. The second kappa shape index (κ2) is 4.57. The predicted octanol–water partition coefficient (Wildman–Crippen LogP) is 3.50. The number of benzene rings is 1. The van der Waals surface area contributed by atoms with Gasteiger partial charge in [0.05, 0.1) is 12.6 Å². The molecular formula is C13H16N2O2. The van der Waals surface area contributed by atoms with E-state index in [1.54, 1.807) is 7.11 Å². The molecule has 0 radical (unpaired) electrons. The zero-order valence-corrected chi connectivity index (χ0v) is 10.3. The van der Waals surface area contributed by atoms with Crippen molar-refractivity contribution >= 4 is 10.9 Å². The van der Waals surface area contributed by atoms with Crippen LogP contribution in [0.2, 0.25) is 0 Å². The summed E-state index contributed by atoms with van der Waals surface area (Å²) in [4.78, 5) is 10.7. The van der Waals surface area contributed by atoms with Crippen molar-refractivity contribution in [2.24, 2.45) is 5.18 Å². The topological polar surface area (TPSA) is 43.6 Å². The Kier molecular flexibility index (Phi) is 3.13. The van der Waals surface area contributed by atoms with Gasteiger partial charge in [-0.3, -0.25) is 0 Å². The Morgan fingerprint density at radius 3 is 2.82 bits per heavy atom. The third-order valence-corrected chi connectivity index (χ3v) is 3.07. The van der Waals surface area contributed by atoms with Gasteiger partial charge < -0.3 is 9.30 Å². The molecule has 0 aliphatic carbocycles. The van der Waals surface area contributed by atoms with Gasteiger partial charge in [-0.1, -0.05) is 5.18 Å². The Morgan fingerprint density at radius 1 is 1.47 bits per heavy atom. The maximum absolute atomic E-state index is 10.7. The van der Waals surface area contributed by atoms with Crippen LogP contribution < -0.4 is 4.74 Å². The lowest BCUT2D eigenvalue weighted by molar-refractivity contribution is 0.415. The molecule has 0 fully saturated rings. The van der Waals surface area contributed by atoms with E-state index in [-0.39, 0.29) is 6.04 Å². The van der Waals surface area contributed by atoms with Crippen LogP contribution in [-0.4, -0.2) is 11.7 Å². The molecule has 0 bridgehead atoms. The molecule has 90 valence electrons. The van der Waals surface area contributed by atoms with E-state index in [0.29, 0.717) is 0 Å². The number of hydrogen-bond donors (Lipinski definition) is 0. The number of methoxy groups -OCH3 is 1. The van der Waals surface area contributed by atoms with Gasteiger partial charge >= 0.3 is 0 Å². The molecule has 0 spiro atoms. The Balaban J connectivity index is 2.68. The molecule has 4 heteroatoms. The number of fused-ring (bicyclic) bond motifs is 1. The fourth-order valence-electron chi connectivity index (χ4n) is 2.08. The summed E-state index contributed by atoms with van der Waals surface area (Å²) in [5.41, 5.74) is 2.05. The number of aromatic nitrogens is 1. The normalized spacial score (nSPS) is 12.6. The van der Waals surface area contributed by atoms with Crippen molar-refractivity contribution in [1.82, 2.24) is 4.57 Å². The largest absolute Gasteiger partial charge is 0.497 e. The van der Waals surface area contributed by atoms with E-state index < -0.39 is 0 Å². The molecule has 2 rings (SSSR count). The van der Waals surface area contributed by atoms with Gasteiger partial charge in [0.2, 0.25) is 0 Å². The maximum atomic E-state index is 10.7. The van der Waals surface area contributed by atoms with Crippen LogP contribution in [0.1, 0.15) is 25.5 Å². The lowest BCUT2D eigenvalue weighted by Gasteiger charge is -2.03. The summed E-state index contributed by atoms with van der Waals surface area (Å²) in [6, 6.07) is 5.55. The van der Waals surface area contributed by atoms with Gasteiger partial charge in [-0.15, -0.1) is 0 Å². The molecule has 0 aliphatic heterocycles. The average Bonchev–Trinajstić information content (AvgIpc) is 2.75. The Hall–Kier alpha value is -1.84. The van der Waals surface area contributed by atoms with Crippen molar-refractivity contribution in [3.05, 3.63) is 34.9 Å². The molecule has 0 N–H and O–H groups in total. The van der Waals surface area contributed by atoms with Gasteiger partial charge in [0.25, 0.3) is 0 Å². The minimum Gasteiger partial charge on any atom is -0.497 e. The maximum Gasteiger partial charge on any atom is 0.120 e. The first-order valence-electron chi connectivity index (χ1n) is 5.70. The van der Waals surface area contributed by atoms with Crippen LogP contribution in [0.5, 0.6) is 5.75 Å². The molecule has 1 aromatic carbocycles. The molecule has 1 unspecified atom stereocenters. The SMILES string of the molecule is CCn1cc(C(C)N=O)c2ccc(OC)cc21. The number of aryl methyl sites for hydroxylation is 1. The molecule has 0 aliphatic rings. The second-order valence-electron chi connectivity index (χ2n) is 4.03. The first-order valence-corrected chi connectivity index (χ1v) is 5.70. The minimum absolute atomic E-state index is 0.321. The third-order valence-electron chi connectivity index (χ3n) is 3.07. The van der Waals surface area contributed by atoms with Gasteiger partial charge in [0, 0.05) is 29.8 Å². The van der Waals surface area contributed by atoms with E-state index in [1.165, 1.54) is 0 Å². The molecule has 0 saturated carbocycles. The monoisotopic (exact) mass is 232 g/mol. The quantitative estimate of drug-likeness (QED) is 0.757. The molecule has 17 heavy (non-hydrogen) atoms. The Bertz CT molecular complexity index is 546. The molecular weight excluding hydrogens is 216 g/mol. The van der Waals surface area contributed by atoms with Crippen molar-refractivity contribution in [3.63, 3.8) is 0 Å². The smallest absolute Gasteiger partial charge is 0.120 e. The third kappa shape index (κ3) is 1.90. The van der Waals surface area contributed by atoms with E-state index in [1.807, 2.05) is 31.3 Å². The van der Waals surface area contributed by atoms with E-state index in [4.69, 9.17) is 4.74 Å². The number of nitroso groups, excluding NO2 is 1. The molecule has 2 aromatic rings. The summed E-state index contributed by atoms with van der Waals surface area (Å²) in [7, 11) is 1.65. The highest BCUT2D eigenvalue weighted by molar-refractivity contribution is 5.85. The highest BCUT2D eigenvalue weighted by Crippen LogP contribution is 2.30. The van der Waals surface area contributed by atoms with Gasteiger partial charge in [-0.05, 0) is 26.0 Å². The summed E-state index contributed by atoms with van der Waals surface area (Å²) < 4.78 is 7.33. The summed E-state index contributed by atoms with van der Waals surface area (Å²) in [5, 5.41) is 4.17. The van der Waals surface area contributed by atoms with Crippen LogP contribution in [-0.2, 0) is 6.54 Å². The Labute approximate surface area is 100 Å². The van der Waals surface area contributed by atoms with E-state index in [2.05, 4.69) is 16.7 Å². The highest BCUT2D eigenvalue weighted by atomic mass is 16.5. The molecule has 0 saturated heterocycles. The number of ether oxygens (including phenoxy) is 1. The highest BCUT2D eigenvalue weighted by Gasteiger charge is 2.14. The van der Waals surface area contributed by atoms with Gasteiger partial charge in [0.1, 0.15) is 11.8 Å². The standard InChI is InChI=1S/C13H16N2O2/c1-4-15-8-12(9(2)14-16)11-6-5-10(17-3)7-13(11)15/h5-9H,4H2,1-3H3. The lowest BCUT2D eigenvalue weighted by Crippen LogP contribution is -1.91. The van der Waals surface area contributed by atoms with Crippen molar-refractivity contribution in [1.29, 1.82) is 0 Å². The van der Waals surface area contributed by atoms with Crippen LogP contribution >= 0.6 is 0 Å². The summed E-state index contributed by atoms with van der Waals surface area (Å²) >= 11 is 0. The summed E-state index contributed by atoms with van der Waals surface area (Å²) in [5.74, 6) is 0.823. The van der Waals surface area contributed by atoms with E-state index in [0.717, 1.165) is 28.8 Å². The van der Waals surface area contributed by atoms with Crippen LogP contribution in [0, 0.1) is 4.91 Å². The lowest BCUT2D eigenvalue weighted by atomic mass is 10.1. The van der Waals surface area contributed by atoms with Crippen LogP contribution in [0.4, 0.5) is 0 Å². The number of rotatable bonds is 4. The zero-order valence-electron chi connectivity index (χ0n) is 10.3. The molecule has 1 heterocycles. The second-order valence-corrected chi connectivity index (χ2v) is 4.03. The van der Waals surface area contributed by atoms with Crippen LogP contribution in [0.25, 0.3) is 10.9 Å². The fraction of sp³-hybridized carbons (Fsp3) is 0.385. The van der Waals surface area contributed by atoms with E-state index >= 15 is 0 Å². The molecule has 4 nitrogen and oxygen atoms in total. The zero-order chi connectivity index (χ0) is 12.4. The summed E-state index contributed by atoms with van der Waals surface area (Å²) in [6.45, 7) is 4.74. The van der Waals surface area contributed by atoms with Crippen molar-refractivity contribution < 1.29 is 4.74 Å². The fourth-order valence-corrected chi connectivity index (χ4v) is 2.08. The first kappa shape index (κ1) is 11.6. The summed E-state index contributed by atoms with van der Waals surface area (Å²) in [6.07, 6.45) is 2.00. The van der Waals surface area contributed by atoms with Crippen molar-refractivity contribution in [2.75, 3.05) is 7.11 Å². The Morgan fingerprint density at radius 2 is 2.24 bits per heavy atom. The van der Waals surface area contributed by atoms with E-state index in [9.17, 15) is 4.91 Å². The number of hydrogen-bond acceptors (Lipinski definition) is 3. The van der Waals surface area contributed by atoms with Crippen molar-refractivity contribution in [2.45, 2.75) is 26.4 Å². The molecule has 1 atom stereocenters.